The maximum absolute atomic E-state index is 13.8. The van der Waals surface area contributed by atoms with E-state index in [0.29, 0.717) is 21.2 Å². The summed E-state index contributed by atoms with van der Waals surface area (Å²) in [7, 11) is 0. The maximum Gasteiger partial charge on any atom is 0.129 e. The van der Waals surface area contributed by atoms with Crippen molar-refractivity contribution in [3.63, 3.8) is 0 Å². The van der Waals surface area contributed by atoms with Gasteiger partial charge in [0.2, 0.25) is 0 Å². The molecule has 2 rings (SSSR count). The smallest absolute Gasteiger partial charge is 0.129 e. The molecule has 0 N–H and O–H groups in total. The number of halogens is 4. The van der Waals surface area contributed by atoms with Gasteiger partial charge < -0.3 is 0 Å². The SMILES string of the molecule is Cc1cc(C(Cl)c2c(F)cccc2Br)ccc1F. The van der Waals surface area contributed by atoms with Crippen LogP contribution < -0.4 is 0 Å². The van der Waals surface area contributed by atoms with E-state index in [4.69, 9.17) is 11.6 Å². The first kappa shape index (κ1) is 13.5. The summed E-state index contributed by atoms with van der Waals surface area (Å²) in [5.41, 5.74) is 1.53. The van der Waals surface area contributed by atoms with Gasteiger partial charge in [-0.2, -0.15) is 0 Å². The van der Waals surface area contributed by atoms with Gasteiger partial charge in [0, 0.05) is 10.0 Å². The van der Waals surface area contributed by atoms with Crippen molar-refractivity contribution < 1.29 is 8.78 Å². The molecule has 0 saturated heterocycles. The minimum atomic E-state index is -0.653. The van der Waals surface area contributed by atoms with Crippen LogP contribution in [0.2, 0.25) is 0 Å². The Morgan fingerprint density at radius 1 is 1.11 bits per heavy atom. The second kappa shape index (κ2) is 5.37. The van der Waals surface area contributed by atoms with Crippen molar-refractivity contribution in [1.82, 2.24) is 0 Å². The lowest BCUT2D eigenvalue weighted by Crippen LogP contribution is -1.99. The second-order valence-electron chi connectivity index (χ2n) is 4.01. The van der Waals surface area contributed by atoms with Crippen LogP contribution in [0.15, 0.2) is 40.9 Å². The molecule has 0 amide bonds. The minimum absolute atomic E-state index is 0.296. The molecular weight excluding hydrogens is 322 g/mol. The molecule has 1 atom stereocenters. The number of alkyl halides is 1. The third kappa shape index (κ3) is 2.57. The van der Waals surface area contributed by atoms with Crippen molar-refractivity contribution in [2.45, 2.75) is 12.3 Å². The average molecular weight is 332 g/mol. The Kier molecular flexibility index (Phi) is 4.03. The summed E-state index contributed by atoms with van der Waals surface area (Å²) < 4.78 is 27.6. The third-order valence-electron chi connectivity index (χ3n) is 2.73. The van der Waals surface area contributed by atoms with Crippen molar-refractivity contribution in [2.75, 3.05) is 0 Å². The highest BCUT2D eigenvalue weighted by atomic mass is 79.9. The number of rotatable bonds is 2. The average Bonchev–Trinajstić information content (AvgIpc) is 2.32. The summed E-state index contributed by atoms with van der Waals surface area (Å²) in [6.07, 6.45) is 0. The molecule has 2 aromatic carbocycles. The fourth-order valence-corrected chi connectivity index (χ4v) is 2.81. The molecule has 94 valence electrons. The van der Waals surface area contributed by atoms with Gasteiger partial charge in [0.15, 0.2) is 0 Å². The van der Waals surface area contributed by atoms with Gasteiger partial charge in [-0.15, -0.1) is 11.6 Å². The van der Waals surface area contributed by atoms with E-state index in [2.05, 4.69) is 15.9 Å². The number of benzene rings is 2. The lowest BCUT2D eigenvalue weighted by molar-refractivity contribution is 0.609. The van der Waals surface area contributed by atoms with Gasteiger partial charge in [-0.3, -0.25) is 0 Å². The van der Waals surface area contributed by atoms with Gasteiger partial charge in [-0.05, 0) is 36.2 Å². The van der Waals surface area contributed by atoms with Crippen LogP contribution in [0.25, 0.3) is 0 Å². The lowest BCUT2D eigenvalue weighted by atomic mass is 10.0. The van der Waals surface area contributed by atoms with Crippen molar-refractivity contribution in [3.8, 4) is 0 Å². The van der Waals surface area contributed by atoms with Gasteiger partial charge in [-0.25, -0.2) is 8.78 Å². The fourth-order valence-electron chi connectivity index (χ4n) is 1.75. The first-order valence-electron chi connectivity index (χ1n) is 5.34. The molecule has 0 saturated carbocycles. The quantitative estimate of drug-likeness (QED) is 0.650. The van der Waals surface area contributed by atoms with Gasteiger partial charge in [-0.1, -0.05) is 34.1 Å². The van der Waals surface area contributed by atoms with Crippen LogP contribution in [0.3, 0.4) is 0 Å². The molecule has 0 aliphatic carbocycles. The van der Waals surface area contributed by atoms with Crippen molar-refractivity contribution in [3.05, 3.63) is 69.2 Å². The summed E-state index contributed by atoms with van der Waals surface area (Å²) in [6, 6.07) is 9.22. The summed E-state index contributed by atoms with van der Waals surface area (Å²) in [5, 5.41) is -0.653. The topological polar surface area (TPSA) is 0 Å². The highest BCUT2D eigenvalue weighted by Gasteiger charge is 2.18. The first-order valence-corrected chi connectivity index (χ1v) is 6.57. The fraction of sp³-hybridized carbons (Fsp3) is 0.143. The van der Waals surface area contributed by atoms with Gasteiger partial charge in [0.25, 0.3) is 0 Å². The van der Waals surface area contributed by atoms with Crippen LogP contribution in [0.1, 0.15) is 22.1 Å². The molecule has 4 heteroatoms. The van der Waals surface area contributed by atoms with Gasteiger partial charge in [0.1, 0.15) is 11.6 Å². The van der Waals surface area contributed by atoms with E-state index < -0.39 is 5.38 Å². The van der Waals surface area contributed by atoms with Gasteiger partial charge >= 0.3 is 0 Å². The Bertz CT molecular complexity index is 564. The molecule has 0 nitrogen and oxygen atoms in total. The molecule has 2 aromatic rings. The van der Waals surface area contributed by atoms with Crippen molar-refractivity contribution in [1.29, 1.82) is 0 Å². The van der Waals surface area contributed by atoms with Crippen LogP contribution in [-0.4, -0.2) is 0 Å². The first-order chi connectivity index (χ1) is 8.50. The van der Waals surface area contributed by atoms with Crippen LogP contribution in [0, 0.1) is 18.6 Å². The van der Waals surface area contributed by atoms with E-state index >= 15 is 0 Å². The summed E-state index contributed by atoms with van der Waals surface area (Å²) >= 11 is 9.55. The molecule has 0 radical (unpaired) electrons. The van der Waals surface area contributed by atoms with Crippen LogP contribution >= 0.6 is 27.5 Å². The molecule has 18 heavy (non-hydrogen) atoms. The normalized spacial score (nSPS) is 12.5. The maximum atomic E-state index is 13.8. The van der Waals surface area contributed by atoms with Gasteiger partial charge in [0.05, 0.1) is 5.38 Å². The Labute approximate surface area is 118 Å². The summed E-state index contributed by atoms with van der Waals surface area (Å²) in [6.45, 7) is 1.65. The van der Waals surface area contributed by atoms with Crippen LogP contribution in [-0.2, 0) is 0 Å². The zero-order chi connectivity index (χ0) is 13.3. The predicted octanol–water partition coefficient (Wildman–Crippen LogP) is 5.36. The molecule has 0 heterocycles. The van der Waals surface area contributed by atoms with E-state index in [1.807, 2.05) is 0 Å². The zero-order valence-electron chi connectivity index (χ0n) is 9.55. The van der Waals surface area contributed by atoms with Crippen molar-refractivity contribution >= 4 is 27.5 Å². The highest BCUT2D eigenvalue weighted by Crippen LogP contribution is 2.35. The molecule has 0 bridgehead atoms. The van der Waals surface area contributed by atoms with Crippen molar-refractivity contribution in [2.24, 2.45) is 0 Å². The van der Waals surface area contributed by atoms with Crippen LogP contribution in [0.5, 0.6) is 0 Å². The van der Waals surface area contributed by atoms with E-state index in [-0.39, 0.29) is 11.6 Å². The molecule has 0 aromatic heterocycles. The third-order valence-corrected chi connectivity index (χ3v) is 3.89. The minimum Gasteiger partial charge on any atom is -0.207 e. The second-order valence-corrected chi connectivity index (χ2v) is 5.30. The van der Waals surface area contributed by atoms with Crippen LogP contribution in [0.4, 0.5) is 8.78 Å². The molecule has 0 fully saturated rings. The van der Waals surface area contributed by atoms with E-state index in [0.717, 1.165) is 0 Å². The number of hydrogen-bond donors (Lipinski definition) is 0. The molecule has 0 aliphatic heterocycles. The van der Waals surface area contributed by atoms with E-state index in [9.17, 15) is 8.78 Å². The molecular formula is C14H10BrClF2. The monoisotopic (exact) mass is 330 g/mol. The Morgan fingerprint density at radius 3 is 2.44 bits per heavy atom. The standard InChI is InChI=1S/C14H10BrClF2/c1-8-7-9(5-6-11(8)17)14(16)13-10(15)3-2-4-12(13)18/h2-7,14H,1H3. The highest BCUT2D eigenvalue weighted by molar-refractivity contribution is 9.10. The Morgan fingerprint density at radius 2 is 1.83 bits per heavy atom. The Hall–Kier alpha value is -0.930. The summed E-state index contributed by atoms with van der Waals surface area (Å²) in [4.78, 5) is 0. The largest absolute Gasteiger partial charge is 0.207 e. The molecule has 0 spiro atoms. The van der Waals surface area contributed by atoms with E-state index in [1.165, 1.54) is 12.1 Å². The molecule has 1 unspecified atom stereocenters. The number of aryl methyl sites for hydroxylation is 1. The summed E-state index contributed by atoms with van der Waals surface area (Å²) in [5.74, 6) is -0.679. The van der Waals surface area contributed by atoms with E-state index in [1.54, 1.807) is 31.2 Å². The predicted molar refractivity (Wildman–Crippen MR) is 72.9 cm³/mol. The Balaban J connectivity index is 2.48. The molecule has 0 aliphatic rings. The number of hydrogen-bond acceptors (Lipinski definition) is 0. The zero-order valence-corrected chi connectivity index (χ0v) is 11.9. The lowest BCUT2D eigenvalue weighted by Gasteiger charge is -2.14.